The standard InChI is InChI=1S/C22H27N3O2/c1-17-7-4-5-8-19(17)22(18-10-13-23-14-11-18)24-20(26)12-16-25-15-6-2-3-9-21(25)27/h4-5,7-8,10-11,13-14,22H,2-3,6,9,12,15-16H2,1H3,(H,24,26). The molecule has 0 spiro atoms. The summed E-state index contributed by atoms with van der Waals surface area (Å²) in [6, 6.07) is 11.7. The van der Waals surface area contributed by atoms with Crippen molar-refractivity contribution in [1.82, 2.24) is 15.2 Å². The van der Waals surface area contributed by atoms with Crippen LogP contribution in [0.4, 0.5) is 0 Å². The average Bonchev–Trinajstić information content (AvgIpc) is 2.90. The average molecular weight is 365 g/mol. The van der Waals surface area contributed by atoms with Gasteiger partial charge in [-0.1, -0.05) is 30.7 Å². The van der Waals surface area contributed by atoms with Crippen molar-refractivity contribution in [2.24, 2.45) is 0 Å². The number of nitrogens with zero attached hydrogens (tertiary/aromatic N) is 2. The zero-order chi connectivity index (χ0) is 19.1. The number of likely N-dealkylation sites (tertiary alicyclic amines) is 1. The molecule has 1 unspecified atom stereocenters. The number of pyridine rings is 1. The Morgan fingerprint density at radius 2 is 1.93 bits per heavy atom. The molecule has 0 aliphatic carbocycles. The highest BCUT2D eigenvalue weighted by atomic mass is 16.2. The van der Waals surface area contributed by atoms with Gasteiger partial charge >= 0.3 is 0 Å². The lowest BCUT2D eigenvalue weighted by Crippen LogP contribution is -2.36. The summed E-state index contributed by atoms with van der Waals surface area (Å²) in [4.78, 5) is 30.7. The molecule has 0 radical (unpaired) electrons. The van der Waals surface area contributed by atoms with Crippen LogP contribution < -0.4 is 5.32 Å². The molecule has 27 heavy (non-hydrogen) atoms. The summed E-state index contributed by atoms with van der Waals surface area (Å²) in [6.45, 7) is 3.30. The Balaban J connectivity index is 1.69. The van der Waals surface area contributed by atoms with Gasteiger partial charge < -0.3 is 10.2 Å². The maximum absolute atomic E-state index is 12.7. The maximum atomic E-state index is 12.7. The molecule has 1 aliphatic heterocycles. The molecular formula is C22H27N3O2. The zero-order valence-corrected chi connectivity index (χ0v) is 15.9. The van der Waals surface area contributed by atoms with Crippen molar-refractivity contribution in [1.29, 1.82) is 0 Å². The molecule has 1 aromatic heterocycles. The van der Waals surface area contributed by atoms with Crippen LogP contribution in [-0.2, 0) is 9.59 Å². The fraction of sp³-hybridized carbons (Fsp3) is 0.409. The highest BCUT2D eigenvalue weighted by Crippen LogP contribution is 2.24. The first-order valence-corrected chi connectivity index (χ1v) is 9.68. The van der Waals surface area contributed by atoms with Gasteiger partial charge in [-0.05, 0) is 48.6 Å². The maximum Gasteiger partial charge on any atom is 0.222 e. The lowest BCUT2D eigenvalue weighted by Gasteiger charge is -2.23. The molecule has 0 bridgehead atoms. The fourth-order valence-electron chi connectivity index (χ4n) is 3.55. The number of rotatable bonds is 6. The second-order valence-corrected chi connectivity index (χ2v) is 7.08. The number of carbonyl (C=O) groups excluding carboxylic acids is 2. The van der Waals surface area contributed by atoms with E-state index >= 15 is 0 Å². The summed E-state index contributed by atoms with van der Waals surface area (Å²) < 4.78 is 0. The lowest BCUT2D eigenvalue weighted by atomic mass is 9.95. The molecule has 1 saturated heterocycles. The number of aryl methyl sites for hydroxylation is 1. The highest BCUT2D eigenvalue weighted by molar-refractivity contribution is 5.79. The zero-order valence-electron chi connectivity index (χ0n) is 15.9. The minimum Gasteiger partial charge on any atom is -0.345 e. The van der Waals surface area contributed by atoms with E-state index in [9.17, 15) is 9.59 Å². The summed E-state index contributed by atoms with van der Waals surface area (Å²) in [7, 11) is 0. The van der Waals surface area contributed by atoms with E-state index in [1.54, 1.807) is 12.4 Å². The van der Waals surface area contributed by atoms with Gasteiger partial charge in [0.15, 0.2) is 0 Å². The quantitative estimate of drug-likeness (QED) is 0.853. The molecule has 3 rings (SSSR count). The number of aromatic nitrogens is 1. The van der Waals surface area contributed by atoms with Crippen LogP contribution in [0.15, 0.2) is 48.8 Å². The third-order valence-electron chi connectivity index (χ3n) is 5.12. The van der Waals surface area contributed by atoms with Crippen LogP contribution >= 0.6 is 0 Å². The molecule has 2 amide bonds. The molecule has 142 valence electrons. The fourth-order valence-corrected chi connectivity index (χ4v) is 3.55. The Morgan fingerprint density at radius 3 is 2.70 bits per heavy atom. The number of hydrogen-bond acceptors (Lipinski definition) is 3. The minimum atomic E-state index is -0.221. The van der Waals surface area contributed by atoms with Gasteiger partial charge in [-0.25, -0.2) is 0 Å². The minimum absolute atomic E-state index is 0.0443. The van der Waals surface area contributed by atoms with E-state index in [-0.39, 0.29) is 17.9 Å². The number of hydrogen-bond donors (Lipinski definition) is 1. The summed E-state index contributed by atoms with van der Waals surface area (Å²) in [5.74, 6) is 0.127. The molecule has 5 nitrogen and oxygen atoms in total. The number of nitrogens with one attached hydrogen (secondary N) is 1. The van der Waals surface area contributed by atoms with E-state index in [4.69, 9.17) is 0 Å². The largest absolute Gasteiger partial charge is 0.345 e. The molecule has 1 atom stereocenters. The van der Waals surface area contributed by atoms with Gasteiger partial charge in [-0.2, -0.15) is 0 Å². The molecule has 1 aliphatic rings. The molecule has 1 fully saturated rings. The van der Waals surface area contributed by atoms with E-state index < -0.39 is 0 Å². The van der Waals surface area contributed by atoms with Crippen LogP contribution in [0.1, 0.15) is 54.8 Å². The molecular weight excluding hydrogens is 338 g/mol. The lowest BCUT2D eigenvalue weighted by molar-refractivity contribution is -0.131. The SMILES string of the molecule is Cc1ccccc1C(NC(=O)CCN1CCCCCC1=O)c1ccncc1. The van der Waals surface area contributed by atoms with Crippen molar-refractivity contribution in [2.45, 2.75) is 45.1 Å². The van der Waals surface area contributed by atoms with Crippen LogP contribution in [0, 0.1) is 6.92 Å². The Bertz CT molecular complexity index is 776. The number of amides is 2. The van der Waals surface area contributed by atoms with Crippen LogP contribution in [0.5, 0.6) is 0 Å². The van der Waals surface area contributed by atoms with E-state index in [2.05, 4.69) is 10.3 Å². The normalized spacial score (nSPS) is 15.9. The molecule has 0 saturated carbocycles. The molecule has 2 aromatic rings. The monoisotopic (exact) mass is 365 g/mol. The second-order valence-electron chi connectivity index (χ2n) is 7.08. The van der Waals surface area contributed by atoms with E-state index in [1.165, 1.54) is 0 Å². The van der Waals surface area contributed by atoms with Gasteiger partial charge in [-0.15, -0.1) is 0 Å². The molecule has 1 aromatic carbocycles. The topological polar surface area (TPSA) is 62.3 Å². The van der Waals surface area contributed by atoms with E-state index in [1.807, 2.05) is 48.2 Å². The van der Waals surface area contributed by atoms with Crippen molar-refractivity contribution in [2.75, 3.05) is 13.1 Å². The van der Waals surface area contributed by atoms with Crippen molar-refractivity contribution >= 4 is 11.8 Å². The second kappa shape index (κ2) is 9.31. The summed E-state index contributed by atoms with van der Waals surface area (Å²) in [5.41, 5.74) is 3.20. The number of carbonyl (C=O) groups is 2. The summed E-state index contributed by atoms with van der Waals surface area (Å²) in [5, 5.41) is 3.16. The Morgan fingerprint density at radius 1 is 1.15 bits per heavy atom. The third kappa shape index (κ3) is 5.16. The van der Waals surface area contributed by atoms with Gasteiger partial charge in [0.2, 0.25) is 11.8 Å². The Kier molecular flexibility index (Phi) is 6.58. The van der Waals surface area contributed by atoms with Crippen molar-refractivity contribution in [3.63, 3.8) is 0 Å². The first-order chi connectivity index (χ1) is 13.1. The molecule has 5 heteroatoms. The first kappa shape index (κ1) is 19.1. The first-order valence-electron chi connectivity index (χ1n) is 9.68. The summed E-state index contributed by atoms with van der Waals surface area (Å²) >= 11 is 0. The van der Waals surface area contributed by atoms with Crippen LogP contribution in [0.3, 0.4) is 0 Å². The number of benzene rings is 1. The highest BCUT2D eigenvalue weighted by Gasteiger charge is 2.21. The van der Waals surface area contributed by atoms with Gasteiger partial charge in [0.25, 0.3) is 0 Å². The van der Waals surface area contributed by atoms with Gasteiger partial charge in [0.1, 0.15) is 0 Å². The van der Waals surface area contributed by atoms with Crippen molar-refractivity contribution in [3.8, 4) is 0 Å². The van der Waals surface area contributed by atoms with Gasteiger partial charge in [0.05, 0.1) is 6.04 Å². The third-order valence-corrected chi connectivity index (χ3v) is 5.12. The predicted molar refractivity (Wildman–Crippen MR) is 105 cm³/mol. The molecule has 2 heterocycles. The van der Waals surface area contributed by atoms with E-state index in [0.29, 0.717) is 19.4 Å². The smallest absolute Gasteiger partial charge is 0.222 e. The Labute approximate surface area is 160 Å². The summed E-state index contributed by atoms with van der Waals surface area (Å²) in [6.07, 6.45) is 7.47. The van der Waals surface area contributed by atoms with Crippen LogP contribution in [-0.4, -0.2) is 34.8 Å². The van der Waals surface area contributed by atoms with Crippen LogP contribution in [0.25, 0.3) is 0 Å². The Hall–Kier alpha value is -2.69. The van der Waals surface area contributed by atoms with Crippen molar-refractivity contribution in [3.05, 3.63) is 65.5 Å². The molecule has 1 N–H and O–H groups in total. The van der Waals surface area contributed by atoms with Crippen LogP contribution in [0.2, 0.25) is 0 Å². The van der Waals surface area contributed by atoms with E-state index in [0.717, 1.165) is 42.5 Å². The van der Waals surface area contributed by atoms with Gasteiger partial charge in [-0.3, -0.25) is 14.6 Å². The van der Waals surface area contributed by atoms with Crippen molar-refractivity contribution < 1.29 is 9.59 Å². The predicted octanol–water partition coefficient (Wildman–Crippen LogP) is 3.39. The van der Waals surface area contributed by atoms with Gasteiger partial charge in [0, 0.05) is 38.3 Å².